The van der Waals surface area contributed by atoms with Gasteiger partial charge in [-0.15, -0.1) is 0 Å². The molecule has 0 saturated carbocycles. The van der Waals surface area contributed by atoms with E-state index in [1.807, 2.05) is 24.3 Å². The Morgan fingerprint density at radius 2 is 2.15 bits per heavy atom. The van der Waals surface area contributed by atoms with Crippen LogP contribution in [0.15, 0.2) is 47.2 Å². The summed E-state index contributed by atoms with van der Waals surface area (Å²) < 4.78 is 0.766. The van der Waals surface area contributed by atoms with Crippen LogP contribution in [0.25, 0.3) is 0 Å². The van der Waals surface area contributed by atoms with Gasteiger partial charge in [-0.1, -0.05) is 12.1 Å². The van der Waals surface area contributed by atoms with E-state index >= 15 is 0 Å². The highest BCUT2D eigenvalue weighted by Gasteiger charge is 2.07. The van der Waals surface area contributed by atoms with Crippen LogP contribution in [0.3, 0.4) is 0 Å². The lowest BCUT2D eigenvalue weighted by molar-refractivity contribution is 0.102. The summed E-state index contributed by atoms with van der Waals surface area (Å²) in [6, 6.07) is 9.34. The van der Waals surface area contributed by atoms with Gasteiger partial charge in [0.15, 0.2) is 0 Å². The van der Waals surface area contributed by atoms with Gasteiger partial charge in [-0.25, -0.2) is 0 Å². The van der Waals surface area contributed by atoms with E-state index in [9.17, 15) is 4.79 Å². The van der Waals surface area contributed by atoms with E-state index in [4.69, 9.17) is 5.11 Å². The normalized spacial score (nSPS) is 10.3. The average molecular weight is 335 g/mol. The summed E-state index contributed by atoms with van der Waals surface area (Å²) >= 11 is 3.29. The number of benzene rings is 1. The number of aliphatic hydroxyl groups excluding tert-OH is 1. The third-order valence-electron chi connectivity index (χ3n) is 2.78. The standard InChI is InChI=1S/C15H15BrN2O2/c16-13-8-12(9-17-10-13)15(20)18-14-5-1-3-11(7-14)4-2-6-19/h1,3,5,7-10,19H,2,4,6H2,(H,18,20). The Morgan fingerprint density at radius 1 is 1.30 bits per heavy atom. The average Bonchev–Trinajstić information content (AvgIpc) is 2.45. The van der Waals surface area contributed by atoms with Crippen LogP contribution in [-0.2, 0) is 6.42 Å². The van der Waals surface area contributed by atoms with Crippen LogP contribution in [0.2, 0.25) is 0 Å². The number of anilines is 1. The van der Waals surface area contributed by atoms with E-state index in [0.717, 1.165) is 22.1 Å². The van der Waals surface area contributed by atoms with Crippen molar-refractivity contribution in [3.8, 4) is 0 Å². The summed E-state index contributed by atoms with van der Waals surface area (Å²) in [6.07, 6.45) is 4.66. The van der Waals surface area contributed by atoms with E-state index in [1.165, 1.54) is 6.20 Å². The summed E-state index contributed by atoms with van der Waals surface area (Å²) in [5.74, 6) is -0.196. The topological polar surface area (TPSA) is 62.2 Å². The molecule has 1 aromatic carbocycles. The number of pyridine rings is 1. The highest BCUT2D eigenvalue weighted by atomic mass is 79.9. The number of hydrogen-bond donors (Lipinski definition) is 2. The molecule has 0 bridgehead atoms. The fourth-order valence-electron chi connectivity index (χ4n) is 1.83. The van der Waals surface area contributed by atoms with Crippen molar-refractivity contribution < 1.29 is 9.90 Å². The van der Waals surface area contributed by atoms with E-state index in [2.05, 4.69) is 26.2 Å². The van der Waals surface area contributed by atoms with Crippen molar-refractivity contribution >= 4 is 27.5 Å². The number of aliphatic hydroxyl groups is 1. The van der Waals surface area contributed by atoms with Gasteiger partial charge in [-0.05, 0) is 52.5 Å². The van der Waals surface area contributed by atoms with Crippen LogP contribution in [0.4, 0.5) is 5.69 Å². The minimum absolute atomic E-state index is 0.167. The molecule has 0 aliphatic rings. The summed E-state index contributed by atoms with van der Waals surface area (Å²) in [5, 5.41) is 11.7. The first-order valence-electron chi connectivity index (χ1n) is 6.31. The first-order valence-corrected chi connectivity index (χ1v) is 7.10. The van der Waals surface area contributed by atoms with Crippen molar-refractivity contribution in [2.45, 2.75) is 12.8 Å². The van der Waals surface area contributed by atoms with Crippen molar-refractivity contribution in [2.24, 2.45) is 0 Å². The number of nitrogens with one attached hydrogen (secondary N) is 1. The summed E-state index contributed by atoms with van der Waals surface area (Å²) in [4.78, 5) is 16.0. The van der Waals surface area contributed by atoms with Crippen molar-refractivity contribution in [2.75, 3.05) is 11.9 Å². The fourth-order valence-corrected chi connectivity index (χ4v) is 2.19. The van der Waals surface area contributed by atoms with Crippen molar-refractivity contribution in [3.05, 3.63) is 58.3 Å². The van der Waals surface area contributed by atoms with Gasteiger partial charge in [0.05, 0.1) is 5.56 Å². The van der Waals surface area contributed by atoms with Gasteiger partial charge in [0.2, 0.25) is 0 Å². The van der Waals surface area contributed by atoms with E-state index in [-0.39, 0.29) is 12.5 Å². The van der Waals surface area contributed by atoms with E-state index in [1.54, 1.807) is 12.3 Å². The molecule has 4 nitrogen and oxygen atoms in total. The van der Waals surface area contributed by atoms with Crippen LogP contribution in [0, 0.1) is 0 Å². The molecule has 2 aromatic rings. The summed E-state index contributed by atoms with van der Waals surface area (Å²) in [6.45, 7) is 0.167. The molecule has 0 unspecified atom stereocenters. The van der Waals surface area contributed by atoms with Gasteiger partial charge in [0, 0.05) is 29.2 Å². The quantitative estimate of drug-likeness (QED) is 0.883. The van der Waals surface area contributed by atoms with Gasteiger partial charge in [-0.3, -0.25) is 9.78 Å². The van der Waals surface area contributed by atoms with Crippen LogP contribution < -0.4 is 5.32 Å². The monoisotopic (exact) mass is 334 g/mol. The van der Waals surface area contributed by atoms with Crippen LogP contribution in [-0.4, -0.2) is 22.6 Å². The lowest BCUT2D eigenvalue weighted by Gasteiger charge is -2.07. The molecule has 0 radical (unpaired) electrons. The second-order valence-electron chi connectivity index (χ2n) is 4.37. The molecular formula is C15H15BrN2O2. The fraction of sp³-hybridized carbons (Fsp3) is 0.200. The Balaban J connectivity index is 2.07. The van der Waals surface area contributed by atoms with E-state index < -0.39 is 0 Å². The molecule has 1 aromatic heterocycles. The molecule has 0 aliphatic heterocycles. The van der Waals surface area contributed by atoms with Crippen LogP contribution in [0.1, 0.15) is 22.3 Å². The van der Waals surface area contributed by atoms with Crippen LogP contribution >= 0.6 is 15.9 Å². The molecule has 0 spiro atoms. The van der Waals surface area contributed by atoms with Crippen molar-refractivity contribution in [1.82, 2.24) is 4.98 Å². The zero-order valence-electron chi connectivity index (χ0n) is 10.8. The third-order valence-corrected chi connectivity index (χ3v) is 3.21. The predicted molar refractivity (Wildman–Crippen MR) is 81.7 cm³/mol. The minimum Gasteiger partial charge on any atom is -0.396 e. The number of hydrogen-bond acceptors (Lipinski definition) is 3. The number of amides is 1. The smallest absolute Gasteiger partial charge is 0.257 e. The molecular weight excluding hydrogens is 320 g/mol. The number of halogens is 1. The molecule has 2 N–H and O–H groups in total. The van der Waals surface area contributed by atoms with Gasteiger partial charge in [-0.2, -0.15) is 0 Å². The molecule has 2 rings (SSSR count). The van der Waals surface area contributed by atoms with E-state index in [0.29, 0.717) is 12.0 Å². The predicted octanol–water partition coefficient (Wildman–Crippen LogP) is 3.02. The number of rotatable bonds is 5. The molecule has 1 heterocycles. The first-order chi connectivity index (χ1) is 9.69. The first kappa shape index (κ1) is 14.7. The molecule has 0 saturated heterocycles. The maximum Gasteiger partial charge on any atom is 0.257 e. The maximum absolute atomic E-state index is 12.1. The second-order valence-corrected chi connectivity index (χ2v) is 5.29. The lowest BCUT2D eigenvalue weighted by Crippen LogP contribution is -2.12. The number of nitrogens with zero attached hydrogens (tertiary/aromatic N) is 1. The Labute approximate surface area is 126 Å². The molecule has 20 heavy (non-hydrogen) atoms. The summed E-state index contributed by atoms with van der Waals surface area (Å²) in [5.41, 5.74) is 2.33. The largest absolute Gasteiger partial charge is 0.396 e. The van der Waals surface area contributed by atoms with Crippen molar-refractivity contribution in [3.63, 3.8) is 0 Å². The zero-order valence-corrected chi connectivity index (χ0v) is 12.4. The third kappa shape index (κ3) is 4.15. The zero-order chi connectivity index (χ0) is 14.4. The Hall–Kier alpha value is -1.72. The Bertz CT molecular complexity index is 602. The number of aromatic nitrogens is 1. The molecule has 0 atom stereocenters. The maximum atomic E-state index is 12.1. The number of carbonyl (C=O) groups is 1. The SMILES string of the molecule is O=C(Nc1cccc(CCCO)c1)c1cncc(Br)c1. The second kappa shape index (κ2) is 7.17. The highest BCUT2D eigenvalue weighted by Crippen LogP contribution is 2.15. The van der Waals surface area contributed by atoms with Gasteiger partial charge < -0.3 is 10.4 Å². The van der Waals surface area contributed by atoms with Gasteiger partial charge >= 0.3 is 0 Å². The number of carbonyl (C=O) groups excluding carboxylic acids is 1. The molecule has 5 heteroatoms. The number of aryl methyl sites for hydroxylation is 1. The molecule has 104 valence electrons. The molecule has 1 amide bonds. The molecule has 0 fully saturated rings. The Morgan fingerprint density at radius 3 is 2.90 bits per heavy atom. The molecule has 0 aliphatic carbocycles. The Kier molecular flexibility index (Phi) is 5.26. The van der Waals surface area contributed by atoms with Crippen LogP contribution in [0.5, 0.6) is 0 Å². The minimum atomic E-state index is -0.196. The highest BCUT2D eigenvalue weighted by molar-refractivity contribution is 9.10. The van der Waals surface area contributed by atoms with Crippen molar-refractivity contribution in [1.29, 1.82) is 0 Å². The van der Waals surface area contributed by atoms with Gasteiger partial charge in [0.25, 0.3) is 5.91 Å². The van der Waals surface area contributed by atoms with Gasteiger partial charge in [0.1, 0.15) is 0 Å². The lowest BCUT2D eigenvalue weighted by atomic mass is 10.1. The summed E-state index contributed by atoms with van der Waals surface area (Å²) in [7, 11) is 0.